The highest BCUT2D eigenvalue weighted by molar-refractivity contribution is 7.99. The highest BCUT2D eigenvalue weighted by Gasteiger charge is 2.43. The van der Waals surface area contributed by atoms with Crippen LogP contribution in [0.5, 0.6) is 0 Å². The molecule has 5 nitrogen and oxygen atoms in total. The minimum Gasteiger partial charge on any atom is -0.325 e. The van der Waals surface area contributed by atoms with Gasteiger partial charge in [-0.3, -0.25) is 4.79 Å². The monoisotopic (exact) mass is 424 g/mol. The first kappa shape index (κ1) is 19.7. The summed E-state index contributed by atoms with van der Waals surface area (Å²) in [5, 5.41) is 13.0. The van der Waals surface area contributed by atoms with Crippen LogP contribution in [0.4, 0.5) is 5.69 Å². The number of aromatic nitrogens is 3. The van der Waals surface area contributed by atoms with Crippen LogP contribution in [0.1, 0.15) is 29.6 Å². The Morgan fingerprint density at radius 2 is 2.03 bits per heavy atom. The average molecular weight is 425 g/mol. The number of rotatable bonds is 8. The fourth-order valence-corrected chi connectivity index (χ4v) is 4.37. The molecule has 1 saturated carbocycles. The van der Waals surface area contributed by atoms with E-state index in [-0.39, 0.29) is 11.7 Å². The van der Waals surface area contributed by atoms with E-state index in [9.17, 15) is 4.79 Å². The third-order valence-electron chi connectivity index (χ3n) is 4.85. The molecule has 7 heteroatoms. The Morgan fingerprint density at radius 1 is 1.21 bits per heavy atom. The molecule has 0 aliphatic heterocycles. The largest absolute Gasteiger partial charge is 0.325 e. The maximum absolute atomic E-state index is 12.3. The van der Waals surface area contributed by atoms with E-state index in [0.29, 0.717) is 29.1 Å². The minimum absolute atomic E-state index is 0.111. The molecule has 0 radical (unpaired) electrons. The Balaban J connectivity index is 1.42. The van der Waals surface area contributed by atoms with Gasteiger partial charge in [-0.05, 0) is 36.1 Å². The smallest absolute Gasteiger partial charge is 0.234 e. The number of nitrogens with zero attached hydrogens (tertiary/aromatic N) is 3. The summed E-state index contributed by atoms with van der Waals surface area (Å²) in [4.78, 5) is 12.3. The highest BCUT2D eigenvalue weighted by atomic mass is 35.5. The van der Waals surface area contributed by atoms with Crippen molar-refractivity contribution in [3.63, 3.8) is 0 Å². The Bertz CT molecular complexity index is 1020. The lowest BCUT2D eigenvalue weighted by atomic mass is 10.1. The topological polar surface area (TPSA) is 59.8 Å². The lowest BCUT2D eigenvalue weighted by molar-refractivity contribution is -0.113. The molecule has 0 saturated heterocycles. The molecule has 1 aromatic heterocycles. The van der Waals surface area contributed by atoms with E-state index in [2.05, 4.69) is 50.9 Å². The van der Waals surface area contributed by atoms with Gasteiger partial charge < -0.3 is 9.88 Å². The summed E-state index contributed by atoms with van der Waals surface area (Å²) in [5.41, 5.74) is 2.01. The fraction of sp³-hybridized carbons (Fsp3) is 0.227. The van der Waals surface area contributed by atoms with E-state index in [0.717, 1.165) is 17.4 Å². The zero-order valence-corrected chi connectivity index (χ0v) is 17.4. The lowest BCUT2D eigenvalue weighted by Crippen LogP contribution is -2.14. The van der Waals surface area contributed by atoms with Gasteiger partial charge >= 0.3 is 0 Å². The zero-order valence-electron chi connectivity index (χ0n) is 15.8. The SMILES string of the molecule is C=CCn1c(SCC(=O)Nc2cccc(Cl)c2)nnc1C1CC1c1ccccc1. The van der Waals surface area contributed by atoms with E-state index in [4.69, 9.17) is 11.6 Å². The third-order valence-corrected chi connectivity index (χ3v) is 6.05. The second-order valence-electron chi connectivity index (χ2n) is 6.95. The molecular formula is C22H21ClN4OS. The van der Waals surface area contributed by atoms with Crippen molar-refractivity contribution in [1.82, 2.24) is 14.8 Å². The first-order valence-corrected chi connectivity index (χ1v) is 10.8. The first-order valence-electron chi connectivity index (χ1n) is 9.43. The molecule has 2 atom stereocenters. The Kier molecular flexibility index (Phi) is 6.02. The lowest BCUT2D eigenvalue weighted by Gasteiger charge is -2.08. The number of hydrogen-bond acceptors (Lipinski definition) is 4. The molecule has 1 heterocycles. The van der Waals surface area contributed by atoms with Crippen molar-refractivity contribution in [2.75, 3.05) is 11.1 Å². The average Bonchev–Trinajstić information content (AvgIpc) is 3.42. The van der Waals surface area contributed by atoms with Gasteiger partial charge in [-0.2, -0.15) is 0 Å². The van der Waals surface area contributed by atoms with Crippen molar-refractivity contribution in [3.8, 4) is 0 Å². The zero-order chi connectivity index (χ0) is 20.2. The maximum atomic E-state index is 12.3. The molecule has 1 fully saturated rings. The summed E-state index contributed by atoms with van der Waals surface area (Å²) < 4.78 is 2.07. The van der Waals surface area contributed by atoms with E-state index in [1.807, 2.05) is 18.2 Å². The standard InChI is InChI=1S/C22H21ClN4OS/c1-2-11-27-21(19-13-18(19)15-7-4-3-5-8-15)25-26-22(27)29-14-20(28)24-17-10-6-9-16(23)12-17/h2-10,12,18-19H,1,11,13-14H2,(H,24,28). The number of halogens is 1. The van der Waals surface area contributed by atoms with Gasteiger partial charge in [-0.1, -0.05) is 65.8 Å². The number of thioether (sulfide) groups is 1. The summed E-state index contributed by atoms with van der Waals surface area (Å²) in [6, 6.07) is 17.6. The number of hydrogen-bond donors (Lipinski definition) is 1. The number of anilines is 1. The van der Waals surface area contributed by atoms with E-state index >= 15 is 0 Å². The summed E-state index contributed by atoms with van der Waals surface area (Å²) >= 11 is 7.34. The third kappa shape index (κ3) is 4.71. The quantitative estimate of drug-likeness (QED) is 0.402. The van der Waals surface area contributed by atoms with Crippen LogP contribution in [0.3, 0.4) is 0 Å². The van der Waals surface area contributed by atoms with E-state index in [1.165, 1.54) is 17.3 Å². The Morgan fingerprint density at radius 3 is 2.79 bits per heavy atom. The molecule has 3 aromatic rings. The minimum atomic E-state index is -0.111. The van der Waals surface area contributed by atoms with Gasteiger partial charge in [0, 0.05) is 23.2 Å². The van der Waals surface area contributed by atoms with Crippen molar-refractivity contribution >= 4 is 35.0 Å². The molecule has 0 bridgehead atoms. The fourth-order valence-electron chi connectivity index (χ4n) is 3.42. The van der Waals surface area contributed by atoms with Gasteiger partial charge in [-0.15, -0.1) is 16.8 Å². The maximum Gasteiger partial charge on any atom is 0.234 e. The highest BCUT2D eigenvalue weighted by Crippen LogP contribution is 2.54. The van der Waals surface area contributed by atoms with Crippen molar-refractivity contribution in [2.24, 2.45) is 0 Å². The number of carbonyl (C=O) groups is 1. The number of nitrogens with one attached hydrogen (secondary N) is 1. The molecule has 1 aliphatic rings. The van der Waals surface area contributed by atoms with Crippen LogP contribution in [0.15, 0.2) is 72.4 Å². The van der Waals surface area contributed by atoms with Crippen molar-refractivity contribution < 1.29 is 4.79 Å². The van der Waals surface area contributed by atoms with Gasteiger partial charge in [0.2, 0.25) is 5.91 Å². The van der Waals surface area contributed by atoms with Gasteiger partial charge in [-0.25, -0.2) is 0 Å². The molecule has 4 rings (SSSR count). The Labute approximate surface area is 179 Å². The predicted octanol–water partition coefficient (Wildman–Crippen LogP) is 5.12. The number of allylic oxidation sites excluding steroid dienone is 1. The van der Waals surface area contributed by atoms with E-state index < -0.39 is 0 Å². The van der Waals surface area contributed by atoms with Crippen LogP contribution < -0.4 is 5.32 Å². The van der Waals surface area contributed by atoms with Crippen LogP contribution in [-0.2, 0) is 11.3 Å². The number of carbonyl (C=O) groups excluding carboxylic acids is 1. The van der Waals surface area contributed by atoms with Crippen LogP contribution in [0, 0.1) is 0 Å². The van der Waals surface area contributed by atoms with Gasteiger partial charge in [0.25, 0.3) is 0 Å². The summed E-state index contributed by atoms with van der Waals surface area (Å²) in [7, 11) is 0. The molecule has 0 spiro atoms. The number of amides is 1. The molecule has 1 amide bonds. The number of benzene rings is 2. The van der Waals surface area contributed by atoms with Crippen LogP contribution in [0.25, 0.3) is 0 Å². The van der Waals surface area contributed by atoms with Crippen molar-refractivity contribution in [3.05, 3.63) is 83.7 Å². The first-order chi connectivity index (χ1) is 14.2. The predicted molar refractivity (Wildman–Crippen MR) is 118 cm³/mol. The van der Waals surface area contributed by atoms with Crippen LogP contribution in [0.2, 0.25) is 5.02 Å². The van der Waals surface area contributed by atoms with Gasteiger partial charge in [0.05, 0.1) is 5.75 Å². The molecule has 148 valence electrons. The van der Waals surface area contributed by atoms with Crippen LogP contribution >= 0.6 is 23.4 Å². The normalized spacial score (nSPS) is 17.7. The molecule has 1 aliphatic carbocycles. The summed E-state index contributed by atoms with van der Waals surface area (Å²) in [6.07, 6.45) is 2.90. The molecule has 29 heavy (non-hydrogen) atoms. The molecule has 2 aromatic carbocycles. The summed E-state index contributed by atoms with van der Waals surface area (Å²) in [6.45, 7) is 4.48. The summed E-state index contributed by atoms with van der Waals surface area (Å²) in [5.74, 6) is 1.94. The second kappa shape index (κ2) is 8.84. The van der Waals surface area contributed by atoms with Crippen molar-refractivity contribution in [2.45, 2.75) is 30.0 Å². The van der Waals surface area contributed by atoms with Gasteiger partial charge in [0.1, 0.15) is 5.82 Å². The second-order valence-corrected chi connectivity index (χ2v) is 8.33. The molecule has 1 N–H and O–H groups in total. The molecular weight excluding hydrogens is 404 g/mol. The van der Waals surface area contributed by atoms with Crippen molar-refractivity contribution in [1.29, 1.82) is 0 Å². The molecule has 2 unspecified atom stereocenters. The Hall–Kier alpha value is -2.57. The van der Waals surface area contributed by atoms with Gasteiger partial charge in [0.15, 0.2) is 5.16 Å². The van der Waals surface area contributed by atoms with Crippen LogP contribution in [-0.4, -0.2) is 26.4 Å². The van der Waals surface area contributed by atoms with E-state index in [1.54, 1.807) is 18.2 Å².